The molecule has 0 radical (unpaired) electrons. The molecule has 1 atom stereocenters. The summed E-state index contributed by atoms with van der Waals surface area (Å²) in [5.74, 6) is -0.965. The number of sulfone groups is 1. The van der Waals surface area contributed by atoms with Gasteiger partial charge >= 0.3 is 5.97 Å². The number of likely N-dealkylation sites (N-methyl/N-ethyl adjacent to an activating group) is 1. The van der Waals surface area contributed by atoms with Gasteiger partial charge in [0.05, 0.1) is 28.3 Å². The molecule has 2 aromatic carbocycles. The minimum Gasteiger partial charge on any atom is -0.452 e. The molecule has 0 bridgehead atoms. The minimum atomic E-state index is -3.12. The number of rotatable bonds is 5. The standard InChI is InChI=1S/C27H26N2O5S/c1-29(20-13-14-35(32,33)17-20)24(30)16-34-27(31)25-21-9-5-6-10-23(21)28-26-19(11-12-22(25)26)15-18-7-3-2-4-8-18/h2-10,15,20H,11-14,16-17H2,1H3/b19-15+. The van der Waals surface area contributed by atoms with Gasteiger partial charge in [-0.15, -0.1) is 0 Å². The molecule has 1 unspecified atom stereocenters. The maximum absolute atomic E-state index is 13.3. The summed E-state index contributed by atoms with van der Waals surface area (Å²) in [6, 6.07) is 17.0. The van der Waals surface area contributed by atoms with Gasteiger partial charge in [0.15, 0.2) is 16.4 Å². The Morgan fingerprint density at radius 3 is 2.57 bits per heavy atom. The Hall–Kier alpha value is -3.52. The largest absolute Gasteiger partial charge is 0.452 e. The van der Waals surface area contributed by atoms with Gasteiger partial charge in [-0.05, 0) is 48.1 Å². The maximum Gasteiger partial charge on any atom is 0.339 e. The zero-order chi connectivity index (χ0) is 24.6. The predicted octanol–water partition coefficient (Wildman–Crippen LogP) is 3.52. The van der Waals surface area contributed by atoms with Crippen molar-refractivity contribution in [1.29, 1.82) is 0 Å². The van der Waals surface area contributed by atoms with Crippen LogP contribution in [-0.2, 0) is 25.8 Å². The molecule has 8 heteroatoms. The number of aromatic nitrogens is 1. The van der Waals surface area contributed by atoms with Crippen molar-refractivity contribution in [2.45, 2.75) is 25.3 Å². The fourth-order valence-corrected chi connectivity index (χ4v) is 6.62. The highest BCUT2D eigenvalue weighted by Crippen LogP contribution is 2.37. The quantitative estimate of drug-likeness (QED) is 0.508. The van der Waals surface area contributed by atoms with Crippen LogP contribution in [0.5, 0.6) is 0 Å². The van der Waals surface area contributed by atoms with Crippen LogP contribution in [0.3, 0.4) is 0 Å². The van der Waals surface area contributed by atoms with Crippen LogP contribution >= 0.6 is 0 Å². The zero-order valence-electron chi connectivity index (χ0n) is 19.4. The zero-order valence-corrected chi connectivity index (χ0v) is 20.3. The molecule has 180 valence electrons. The molecule has 2 heterocycles. The smallest absolute Gasteiger partial charge is 0.339 e. The van der Waals surface area contributed by atoms with E-state index in [1.165, 1.54) is 4.90 Å². The third-order valence-corrected chi connectivity index (χ3v) is 8.51. The second-order valence-corrected chi connectivity index (χ2v) is 11.3. The lowest BCUT2D eigenvalue weighted by molar-refractivity contribution is -0.134. The van der Waals surface area contributed by atoms with Crippen molar-refractivity contribution < 1.29 is 22.7 Å². The number of hydrogen-bond donors (Lipinski definition) is 0. The molecule has 7 nitrogen and oxygen atoms in total. The van der Waals surface area contributed by atoms with Crippen LogP contribution in [0.15, 0.2) is 54.6 Å². The fourth-order valence-electron chi connectivity index (χ4n) is 4.85. The number of carbonyl (C=O) groups is 2. The molecule has 3 aromatic rings. The highest BCUT2D eigenvalue weighted by Gasteiger charge is 2.33. The Morgan fingerprint density at radius 1 is 1.09 bits per heavy atom. The van der Waals surface area contributed by atoms with Gasteiger partial charge in [-0.3, -0.25) is 4.79 Å². The van der Waals surface area contributed by atoms with E-state index in [9.17, 15) is 18.0 Å². The summed E-state index contributed by atoms with van der Waals surface area (Å²) in [7, 11) is -1.56. The van der Waals surface area contributed by atoms with Gasteiger partial charge in [-0.25, -0.2) is 18.2 Å². The lowest BCUT2D eigenvalue weighted by Crippen LogP contribution is -2.40. The minimum absolute atomic E-state index is 0.0534. The number of para-hydroxylation sites is 1. The van der Waals surface area contributed by atoms with Gasteiger partial charge in [-0.1, -0.05) is 48.5 Å². The van der Waals surface area contributed by atoms with Gasteiger partial charge < -0.3 is 9.64 Å². The molecule has 1 aromatic heterocycles. The van der Waals surface area contributed by atoms with Crippen LogP contribution in [0.25, 0.3) is 22.6 Å². The molecular weight excluding hydrogens is 464 g/mol. The summed E-state index contributed by atoms with van der Waals surface area (Å²) in [5.41, 5.74) is 4.89. The molecule has 1 amide bonds. The summed E-state index contributed by atoms with van der Waals surface area (Å²) in [6.45, 7) is -0.440. The second-order valence-electron chi connectivity index (χ2n) is 9.05. The van der Waals surface area contributed by atoms with Crippen LogP contribution < -0.4 is 0 Å². The Labute approximate surface area is 204 Å². The van der Waals surface area contributed by atoms with Crippen molar-refractivity contribution in [3.8, 4) is 0 Å². The third kappa shape index (κ3) is 4.71. The van der Waals surface area contributed by atoms with Crippen molar-refractivity contribution in [2.75, 3.05) is 25.2 Å². The van der Waals surface area contributed by atoms with Crippen LogP contribution in [0.1, 0.15) is 40.0 Å². The van der Waals surface area contributed by atoms with E-state index in [2.05, 4.69) is 6.08 Å². The van der Waals surface area contributed by atoms with E-state index in [4.69, 9.17) is 9.72 Å². The van der Waals surface area contributed by atoms with E-state index in [1.807, 2.05) is 54.6 Å². The normalized spacial score (nSPS) is 19.6. The Bertz CT molecular complexity index is 1450. The van der Waals surface area contributed by atoms with Crippen molar-refractivity contribution in [3.63, 3.8) is 0 Å². The lowest BCUT2D eigenvalue weighted by Gasteiger charge is -2.23. The topological polar surface area (TPSA) is 93.6 Å². The molecule has 1 aliphatic carbocycles. The van der Waals surface area contributed by atoms with Gasteiger partial charge in [-0.2, -0.15) is 0 Å². The number of pyridine rings is 1. The number of ether oxygens (including phenoxy) is 1. The van der Waals surface area contributed by atoms with Crippen LogP contribution in [-0.4, -0.2) is 61.4 Å². The van der Waals surface area contributed by atoms with E-state index in [-0.39, 0.29) is 17.5 Å². The van der Waals surface area contributed by atoms with Crippen molar-refractivity contribution in [1.82, 2.24) is 9.88 Å². The molecule has 1 saturated heterocycles. The maximum atomic E-state index is 13.3. The first-order valence-electron chi connectivity index (χ1n) is 11.6. The van der Waals surface area contributed by atoms with E-state index in [0.29, 0.717) is 29.3 Å². The van der Waals surface area contributed by atoms with E-state index < -0.39 is 28.3 Å². The summed E-state index contributed by atoms with van der Waals surface area (Å²) in [6.07, 6.45) is 3.91. The molecule has 1 fully saturated rings. The summed E-state index contributed by atoms with van der Waals surface area (Å²) in [4.78, 5) is 32.2. The summed E-state index contributed by atoms with van der Waals surface area (Å²) in [5, 5.41) is 0.694. The van der Waals surface area contributed by atoms with Crippen LogP contribution in [0.2, 0.25) is 0 Å². The first kappa shape index (κ1) is 23.2. The lowest BCUT2D eigenvalue weighted by atomic mass is 10.0. The van der Waals surface area contributed by atoms with Gasteiger partial charge in [0.1, 0.15) is 0 Å². The monoisotopic (exact) mass is 490 g/mol. The molecular formula is C27H26N2O5S. The molecule has 0 spiro atoms. The average Bonchev–Trinajstić information content (AvgIpc) is 3.43. The van der Waals surface area contributed by atoms with Crippen molar-refractivity contribution >= 4 is 44.3 Å². The summed E-state index contributed by atoms with van der Waals surface area (Å²) >= 11 is 0. The van der Waals surface area contributed by atoms with E-state index in [1.54, 1.807) is 7.05 Å². The Morgan fingerprint density at radius 2 is 1.83 bits per heavy atom. The fraction of sp³-hybridized carbons (Fsp3) is 0.296. The number of allylic oxidation sites excluding steroid dienone is 1. The number of carbonyl (C=O) groups excluding carboxylic acids is 2. The first-order chi connectivity index (χ1) is 16.8. The predicted molar refractivity (Wildman–Crippen MR) is 134 cm³/mol. The number of nitrogens with zero attached hydrogens (tertiary/aromatic N) is 2. The first-order valence-corrected chi connectivity index (χ1v) is 13.5. The van der Waals surface area contributed by atoms with Gasteiger partial charge in [0.2, 0.25) is 0 Å². The van der Waals surface area contributed by atoms with Gasteiger partial charge in [0, 0.05) is 18.5 Å². The molecule has 35 heavy (non-hydrogen) atoms. The van der Waals surface area contributed by atoms with Gasteiger partial charge in [0.25, 0.3) is 5.91 Å². The number of esters is 1. The molecule has 2 aliphatic rings. The Balaban J connectivity index is 1.42. The molecule has 0 saturated carbocycles. The van der Waals surface area contributed by atoms with Crippen molar-refractivity contribution in [3.05, 3.63) is 77.0 Å². The number of amides is 1. The SMILES string of the molecule is CN(C(=O)COC(=O)c1c2c(nc3ccccc13)/C(=C/c1ccccc1)CC2)C1CCS(=O)(=O)C1. The van der Waals surface area contributed by atoms with Crippen LogP contribution in [0, 0.1) is 0 Å². The average molecular weight is 491 g/mol. The Kier molecular flexibility index (Phi) is 6.15. The van der Waals surface area contributed by atoms with E-state index in [0.717, 1.165) is 28.8 Å². The van der Waals surface area contributed by atoms with Crippen LogP contribution in [0.4, 0.5) is 0 Å². The highest BCUT2D eigenvalue weighted by atomic mass is 32.2. The molecule has 0 N–H and O–H groups in total. The third-order valence-electron chi connectivity index (χ3n) is 6.76. The number of hydrogen-bond acceptors (Lipinski definition) is 6. The van der Waals surface area contributed by atoms with Crippen molar-refractivity contribution in [2.24, 2.45) is 0 Å². The molecule has 5 rings (SSSR count). The number of fused-ring (bicyclic) bond motifs is 2. The van der Waals surface area contributed by atoms with E-state index >= 15 is 0 Å². The molecule has 1 aliphatic heterocycles. The number of benzene rings is 2. The second kappa shape index (κ2) is 9.26. The highest BCUT2D eigenvalue weighted by molar-refractivity contribution is 7.91. The summed E-state index contributed by atoms with van der Waals surface area (Å²) < 4.78 is 29.0.